The lowest BCUT2D eigenvalue weighted by Gasteiger charge is -2.26. The highest BCUT2D eigenvalue weighted by molar-refractivity contribution is 5.94. The van der Waals surface area contributed by atoms with Crippen LogP contribution < -0.4 is 14.8 Å². The zero-order chi connectivity index (χ0) is 21.3. The van der Waals surface area contributed by atoms with Crippen LogP contribution in [-0.2, 0) is 13.0 Å². The van der Waals surface area contributed by atoms with Gasteiger partial charge in [0.05, 0.1) is 7.11 Å². The number of halogens is 2. The Bertz CT molecular complexity index is 822. The molecule has 162 valence electrons. The molecule has 0 saturated carbocycles. The van der Waals surface area contributed by atoms with Gasteiger partial charge in [-0.15, -0.1) is 0 Å². The molecule has 2 aromatic rings. The molecule has 1 heterocycles. The number of nitrogens with one attached hydrogen (secondary N) is 1. The molecule has 1 aliphatic rings. The molecule has 1 saturated heterocycles. The van der Waals surface area contributed by atoms with E-state index in [2.05, 4.69) is 15.0 Å². The normalized spacial score (nSPS) is 14.5. The van der Waals surface area contributed by atoms with E-state index in [-0.39, 0.29) is 17.4 Å². The van der Waals surface area contributed by atoms with E-state index in [1.165, 1.54) is 38.0 Å². The van der Waals surface area contributed by atoms with Crippen LogP contribution in [0.1, 0.15) is 40.7 Å². The second-order valence-corrected chi connectivity index (χ2v) is 7.40. The predicted molar refractivity (Wildman–Crippen MR) is 111 cm³/mol. The Labute approximate surface area is 176 Å². The Hall–Kier alpha value is -2.67. The van der Waals surface area contributed by atoms with E-state index in [0.29, 0.717) is 18.5 Å². The van der Waals surface area contributed by atoms with Crippen LogP contribution >= 0.6 is 0 Å². The van der Waals surface area contributed by atoms with Crippen molar-refractivity contribution in [3.63, 3.8) is 0 Å². The average molecular weight is 418 g/mol. The Morgan fingerprint density at radius 1 is 1.03 bits per heavy atom. The van der Waals surface area contributed by atoms with Crippen molar-refractivity contribution in [2.75, 3.05) is 26.7 Å². The Morgan fingerprint density at radius 2 is 1.73 bits per heavy atom. The zero-order valence-corrected chi connectivity index (χ0v) is 17.2. The van der Waals surface area contributed by atoms with Gasteiger partial charge >= 0.3 is 6.61 Å². The van der Waals surface area contributed by atoms with Gasteiger partial charge in [-0.2, -0.15) is 8.78 Å². The first-order valence-electron chi connectivity index (χ1n) is 10.3. The number of ether oxygens (including phenoxy) is 2. The molecule has 7 heteroatoms. The van der Waals surface area contributed by atoms with Crippen LogP contribution in [0.3, 0.4) is 0 Å². The smallest absolute Gasteiger partial charge is 0.387 e. The Balaban J connectivity index is 1.48. The van der Waals surface area contributed by atoms with Gasteiger partial charge in [0.25, 0.3) is 5.91 Å². The maximum absolute atomic E-state index is 12.4. The summed E-state index contributed by atoms with van der Waals surface area (Å²) in [7, 11) is 1.40. The SMILES string of the molecule is COc1cc(CCNC(=O)c2ccc(CN3CCCCC3)cc2)ccc1OC(F)F. The van der Waals surface area contributed by atoms with Gasteiger partial charge in [0, 0.05) is 18.7 Å². The van der Waals surface area contributed by atoms with E-state index in [1.54, 1.807) is 12.1 Å². The third-order valence-electron chi connectivity index (χ3n) is 5.21. The number of alkyl halides is 2. The number of carbonyl (C=O) groups is 1. The third kappa shape index (κ3) is 6.42. The van der Waals surface area contributed by atoms with Crippen LogP contribution in [0.2, 0.25) is 0 Å². The van der Waals surface area contributed by atoms with E-state index in [4.69, 9.17) is 4.74 Å². The van der Waals surface area contributed by atoms with Crippen molar-refractivity contribution in [2.24, 2.45) is 0 Å². The fourth-order valence-electron chi connectivity index (χ4n) is 3.62. The lowest BCUT2D eigenvalue weighted by atomic mass is 10.1. The van der Waals surface area contributed by atoms with E-state index >= 15 is 0 Å². The first kappa shape index (κ1) is 22.0. The number of piperidine rings is 1. The summed E-state index contributed by atoms with van der Waals surface area (Å²) in [4.78, 5) is 14.8. The summed E-state index contributed by atoms with van der Waals surface area (Å²) in [5.74, 6) is 0.0949. The fourth-order valence-corrected chi connectivity index (χ4v) is 3.62. The highest BCUT2D eigenvalue weighted by Gasteiger charge is 2.13. The quantitative estimate of drug-likeness (QED) is 0.661. The summed E-state index contributed by atoms with van der Waals surface area (Å²) in [6.45, 7) is 0.724. The fraction of sp³-hybridized carbons (Fsp3) is 0.435. The van der Waals surface area contributed by atoms with Crippen molar-refractivity contribution in [3.05, 3.63) is 59.2 Å². The van der Waals surface area contributed by atoms with Crippen LogP contribution in [0, 0.1) is 0 Å². The van der Waals surface area contributed by atoms with Gasteiger partial charge in [-0.25, -0.2) is 0 Å². The molecule has 1 fully saturated rings. The zero-order valence-electron chi connectivity index (χ0n) is 17.2. The van der Waals surface area contributed by atoms with E-state index < -0.39 is 6.61 Å². The highest BCUT2D eigenvalue weighted by atomic mass is 19.3. The molecule has 0 aliphatic carbocycles. The van der Waals surface area contributed by atoms with E-state index in [1.807, 2.05) is 24.3 Å². The van der Waals surface area contributed by atoms with Crippen LogP contribution in [0.25, 0.3) is 0 Å². The van der Waals surface area contributed by atoms with E-state index in [9.17, 15) is 13.6 Å². The number of amides is 1. The summed E-state index contributed by atoms with van der Waals surface area (Å²) < 4.78 is 34.3. The third-order valence-corrected chi connectivity index (χ3v) is 5.21. The van der Waals surface area contributed by atoms with Crippen LogP contribution in [-0.4, -0.2) is 44.2 Å². The molecular formula is C23H28F2N2O3. The van der Waals surface area contributed by atoms with Gasteiger partial charge in [0.15, 0.2) is 11.5 Å². The van der Waals surface area contributed by atoms with Gasteiger partial charge in [-0.3, -0.25) is 9.69 Å². The van der Waals surface area contributed by atoms with Crippen molar-refractivity contribution in [2.45, 2.75) is 38.8 Å². The van der Waals surface area contributed by atoms with Gasteiger partial charge in [0.2, 0.25) is 0 Å². The molecule has 0 aromatic heterocycles. The topological polar surface area (TPSA) is 50.8 Å². The molecule has 0 unspecified atom stereocenters. The number of methoxy groups -OCH3 is 1. The minimum atomic E-state index is -2.91. The Morgan fingerprint density at radius 3 is 2.40 bits per heavy atom. The molecule has 0 atom stereocenters. The van der Waals surface area contributed by atoms with Gasteiger partial charge in [0.1, 0.15) is 0 Å². The van der Waals surface area contributed by atoms with Crippen molar-refractivity contribution >= 4 is 5.91 Å². The van der Waals surface area contributed by atoms with Gasteiger partial charge < -0.3 is 14.8 Å². The van der Waals surface area contributed by atoms with Crippen molar-refractivity contribution in [3.8, 4) is 11.5 Å². The van der Waals surface area contributed by atoms with E-state index in [0.717, 1.165) is 25.2 Å². The molecule has 1 N–H and O–H groups in total. The minimum Gasteiger partial charge on any atom is -0.493 e. The number of rotatable bonds is 9. The van der Waals surface area contributed by atoms with Crippen LogP contribution in [0.5, 0.6) is 11.5 Å². The number of hydrogen-bond acceptors (Lipinski definition) is 4. The molecule has 2 aromatic carbocycles. The average Bonchev–Trinajstić information content (AvgIpc) is 2.75. The Kier molecular flexibility index (Phi) is 8.02. The second kappa shape index (κ2) is 10.9. The van der Waals surface area contributed by atoms with Crippen molar-refractivity contribution in [1.82, 2.24) is 10.2 Å². The number of benzene rings is 2. The monoisotopic (exact) mass is 418 g/mol. The standard InChI is InChI=1S/C23H28F2N2O3/c1-29-21-15-17(7-10-20(21)30-23(24)25)11-12-26-22(28)19-8-5-18(6-9-19)16-27-13-3-2-4-14-27/h5-10,15,23H,2-4,11-14,16H2,1H3,(H,26,28). The largest absolute Gasteiger partial charge is 0.493 e. The summed E-state index contributed by atoms with van der Waals surface area (Å²) in [5, 5.41) is 2.89. The molecular weight excluding hydrogens is 390 g/mol. The molecule has 0 spiro atoms. The lowest BCUT2D eigenvalue weighted by molar-refractivity contribution is -0.0512. The van der Waals surface area contributed by atoms with Gasteiger partial charge in [-0.05, 0) is 67.7 Å². The summed E-state index contributed by atoms with van der Waals surface area (Å²) in [5.41, 5.74) is 2.69. The van der Waals surface area contributed by atoms with Crippen LogP contribution in [0.15, 0.2) is 42.5 Å². The van der Waals surface area contributed by atoms with Crippen molar-refractivity contribution in [1.29, 1.82) is 0 Å². The van der Waals surface area contributed by atoms with Crippen LogP contribution in [0.4, 0.5) is 8.78 Å². The lowest BCUT2D eigenvalue weighted by Crippen LogP contribution is -2.29. The molecule has 1 aliphatic heterocycles. The molecule has 5 nitrogen and oxygen atoms in total. The molecule has 1 amide bonds. The maximum atomic E-state index is 12.4. The second-order valence-electron chi connectivity index (χ2n) is 7.40. The molecule has 30 heavy (non-hydrogen) atoms. The molecule has 0 radical (unpaired) electrons. The number of nitrogens with zero attached hydrogens (tertiary/aromatic N) is 1. The van der Waals surface area contributed by atoms with Crippen molar-refractivity contribution < 1.29 is 23.0 Å². The first-order chi connectivity index (χ1) is 14.5. The summed E-state index contributed by atoms with van der Waals surface area (Å²) in [6, 6.07) is 12.5. The number of carbonyl (C=O) groups excluding carboxylic acids is 1. The summed E-state index contributed by atoms with van der Waals surface area (Å²) in [6.07, 6.45) is 4.38. The highest BCUT2D eigenvalue weighted by Crippen LogP contribution is 2.29. The summed E-state index contributed by atoms with van der Waals surface area (Å²) >= 11 is 0. The minimum absolute atomic E-state index is 0.00933. The number of hydrogen-bond donors (Lipinski definition) is 1. The first-order valence-corrected chi connectivity index (χ1v) is 10.3. The molecule has 3 rings (SSSR count). The predicted octanol–water partition coefficient (Wildman–Crippen LogP) is 4.26. The van der Waals surface area contributed by atoms with Gasteiger partial charge in [-0.1, -0.05) is 24.6 Å². The number of likely N-dealkylation sites (tertiary alicyclic amines) is 1. The maximum Gasteiger partial charge on any atom is 0.387 e. The molecule has 0 bridgehead atoms.